The number of carbonyl (C=O) groups excluding carboxylic acids is 1. The standard InChI is InChI=1S/C31H32N2O4S/c1-4-37-29-18-16-28(17-19-29)33(38(35,36)30-20-10-23(2)11-21-30)22-25-12-14-27(15-13-25)31(34)32-24(3)26-8-6-5-7-9-26/h5-21,24H,4,22H2,1-3H3,(H,32,34)/t24-/m1/s1. The number of hydrogen-bond acceptors (Lipinski definition) is 4. The molecule has 0 bridgehead atoms. The SMILES string of the molecule is CCOc1ccc(N(Cc2ccc(C(=O)N[C@H](C)c3ccccc3)cc2)S(=O)(=O)c2ccc(C)cc2)cc1. The minimum atomic E-state index is -3.85. The molecule has 0 saturated heterocycles. The molecule has 0 aliphatic heterocycles. The highest BCUT2D eigenvalue weighted by molar-refractivity contribution is 7.92. The minimum absolute atomic E-state index is 0.104. The Morgan fingerprint density at radius 1 is 0.868 bits per heavy atom. The molecule has 0 heterocycles. The lowest BCUT2D eigenvalue weighted by molar-refractivity contribution is 0.0940. The van der Waals surface area contributed by atoms with E-state index in [1.54, 1.807) is 72.8 Å². The lowest BCUT2D eigenvalue weighted by Gasteiger charge is -2.25. The fourth-order valence-corrected chi connectivity index (χ4v) is 5.51. The molecule has 0 fully saturated rings. The maximum absolute atomic E-state index is 13.7. The van der Waals surface area contributed by atoms with E-state index in [-0.39, 0.29) is 23.4 Å². The lowest BCUT2D eigenvalue weighted by atomic mass is 10.1. The molecule has 4 aromatic carbocycles. The average Bonchev–Trinajstić information content (AvgIpc) is 2.93. The van der Waals surface area contributed by atoms with Crippen molar-refractivity contribution in [1.29, 1.82) is 0 Å². The zero-order valence-electron chi connectivity index (χ0n) is 21.8. The van der Waals surface area contributed by atoms with Gasteiger partial charge in [0, 0.05) is 5.56 Å². The third kappa shape index (κ3) is 6.42. The molecule has 0 aromatic heterocycles. The molecule has 7 heteroatoms. The first kappa shape index (κ1) is 26.9. The van der Waals surface area contributed by atoms with Crippen molar-refractivity contribution >= 4 is 21.6 Å². The Kier molecular flexibility index (Phi) is 8.48. The summed E-state index contributed by atoms with van der Waals surface area (Å²) in [6.45, 7) is 6.38. The number of nitrogens with zero attached hydrogens (tertiary/aromatic N) is 1. The van der Waals surface area contributed by atoms with Crippen LogP contribution in [0.5, 0.6) is 5.75 Å². The number of anilines is 1. The van der Waals surface area contributed by atoms with E-state index in [1.165, 1.54) is 4.31 Å². The van der Waals surface area contributed by atoms with E-state index in [0.29, 0.717) is 23.6 Å². The maximum Gasteiger partial charge on any atom is 0.264 e. The van der Waals surface area contributed by atoms with Crippen LogP contribution in [0.1, 0.15) is 46.9 Å². The first-order valence-electron chi connectivity index (χ1n) is 12.5. The summed E-state index contributed by atoms with van der Waals surface area (Å²) in [5.41, 5.74) is 3.78. The number of benzene rings is 4. The Morgan fingerprint density at radius 3 is 2.11 bits per heavy atom. The molecule has 38 heavy (non-hydrogen) atoms. The van der Waals surface area contributed by atoms with Gasteiger partial charge in [0.05, 0.1) is 29.8 Å². The molecule has 1 atom stereocenters. The molecule has 0 saturated carbocycles. The largest absolute Gasteiger partial charge is 0.494 e. The second kappa shape index (κ2) is 12.0. The molecular weight excluding hydrogens is 496 g/mol. The molecule has 0 aliphatic rings. The quantitative estimate of drug-likeness (QED) is 0.263. The molecule has 0 unspecified atom stereocenters. The van der Waals surface area contributed by atoms with Crippen molar-refractivity contribution in [2.24, 2.45) is 0 Å². The van der Waals surface area contributed by atoms with Crippen LogP contribution in [0.2, 0.25) is 0 Å². The monoisotopic (exact) mass is 528 g/mol. The molecule has 196 valence electrons. The van der Waals surface area contributed by atoms with Crippen molar-refractivity contribution < 1.29 is 17.9 Å². The number of hydrogen-bond donors (Lipinski definition) is 1. The fraction of sp³-hybridized carbons (Fsp3) is 0.194. The van der Waals surface area contributed by atoms with E-state index < -0.39 is 10.0 Å². The number of sulfonamides is 1. The van der Waals surface area contributed by atoms with Gasteiger partial charge in [-0.15, -0.1) is 0 Å². The number of rotatable bonds is 10. The van der Waals surface area contributed by atoms with Gasteiger partial charge in [-0.2, -0.15) is 0 Å². The zero-order valence-corrected chi connectivity index (χ0v) is 22.6. The van der Waals surface area contributed by atoms with Crippen molar-refractivity contribution in [3.63, 3.8) is 0 Å². The Morgan fingerprint density at radius 2 is 1.50 bits per heavy atom. The summed E-state index contributed by atoms with van der Waals surface area (Å²) in [5.74, 6) is 0.479. The molecule has 4 rings (SSSR count). The van der Waals surface area contributed by atoms with Crippen LogP contribution in [0.3, 0.4) is 0 Å². The van der Waals surface area contributed by atoms with Crippen LogP contribution in [0.25, 0.3) is 0 Å². The van der Waals surface area contributed by atoms with Crippen molar-refractivity contribution in [3.8, 4) is 5.75 Å². The van der Waals surface area contributed by atoms with Gasteiger partial charge < -0.3 is 10.1 Å². The van der Waals surface area contributed by atoms with E-state index in [1.807, 2.05) is 51.1 Å². The highest BCUT2D eigenvalue weighted by Crippen LogP contribution is 2.28. The summed E-state index contributed by atoms with van der Waals surface area (Å²) < 4.78 is 34.3. The molecule has 1 N–H and O–H groups in total. The first-order chi connectivity index (χ1) is 18.3. The minimum Gasteiger partial charge on any atom is -0.494 e. The van der Waals surface area contributed by atoms with E-state index in [0.717, 1.165) is 16.7 Å². The van der Waals surface area contributed by atoms with Gasteiger partial charge in [0.2, 0.25) is 0 Å². The Bertz CT molecular complexity index is 1450. The van der Waals surface area contributed by atoms with Crippen LogP contribution < -0.4 is 14.4 Å². The Labute approximate surface area is 225 Å². The lowest BCUT2D eigenvalue weighted by Crippen LogP contribution is -2.30. The third-order valence-electron chi connectivity index (χ3n) is 6.23. The highest BCUT2D eigenvalue weighted by Gasteiger charge is 2.25. The summed E-state index contributed by atoms with van der Waals surface area (Å²) >= 11 is 0. The van der Waals surface area contributed by atoms with Gasteiger partial charge in [0.15, 0.2) is 0 Å². The van der Waals surface area contributed by atoms with Crippen LogP contribution in [0, 0.1) is 6.92 Å². The van der Waals surface area contributed by atoms with Gasteiger partial charge in [-0.3, -0.25) is 9.10 Å². The van der Waals surface area contributed by atoms with Crippen LogP contribution in [0.4, 0.5) is 5.69 Å². The molecule has 1 amide bonds. The smallest absolute Gasteiger partial charge is 0.264 e. The molecule has 0 spiro atoms. The maximum atomic E-state index is 13.7. The summed E-state index contributed by atoms with van der Waals surface area (Å²) in [6.07, 6.45) is 0. The Hall–Kier alpha value is -4.10. The van der Waals surface area contributed by atoms with E-state index >= 15 is 0 Å². The number of nitrogens with one attached hydrogen (secondary N) is 1. The normalized spacial score (nSPS) is 12.0. The molecule has 0 aliphatic carbocycles. The molecule has 4 aromatic rings. The van der Waals surface area contributed by atoms with Crippen molar-refractivity contribution in [2.45, 2.75) is 38.3 Å². The molecule has 6 nitrogen and oxygen atoms in total. The predicted octanol–water partition coefficient (Wildman–Crippen LogP) is 6.28. The van der Waals surface area contributed by atoms with E-state index in [2.05, 4.69) is 5.32 Å². The molecule has 0 radical (unpaired) electrons. The number of amides is 1. The van der Waals surface area contributed by atoms with Crippen molar-refractivity contribution in [1.82, 2.24) is 5.32 Å². The number of carbonyl (C=O) groups is 1. The second-order valence-corrected chi connectivity index (χ2v) is 10.9. The third-order valence-corrected chi connectivity index (χ3v) is 8.02. The van der Waals surface area contributed by atoms with Gasteiger partial charge in [0.1, 0.15) is 5.75 Å². The topological polar surface area (TPSA) is 75.7 Å². The summed E-state index contributed by atoms with van der Waals surface area (Å²) in [5, 5.41) is 3.01. The molecular formula is C31H32N2O4S. The van der Waals surface area contributed by atoms with Gasteiger partial charge in [0.25, 0.3) is 15.9 Å². The van der Waals surface area contributed by atoms with Crippen LogP contribution in [0.15, 0.2) is 108 Å². The van der Waals surface area contributed by atoms with Crippen LogP contribution >= 0.6 is 0 Å². The van der Waals surface area contributed by atoms with Gasteiger partial charge in [-0.05, 0) is 80.4 Å². The second-order valence-electron chi connectivity index (χ2n) is 9.05. The highest BCUT2D eigenvalue weighted by atomic mass is 32.2. The Balaban J connectivity index is 1.57. The van der Waals surface area contributed by atoms with Crippen molar-refractivity contribution in [2.75, 3.05) is 10.9 Å². The van der Waals surface area contributed by atoms with E-state index in [4.69, 9.17) is 4.74 Å². The summed E-state index contributed by atoms with van der Waals surface area (Å²) in [7, 11) is -3.85. The predicted molar refractivity (Wildman–Crippen MR) is 151 cm³/mol. The van der Waals surface area contributed by atoms with Crippen LogP contribution in [-0.4, -0.2) is 20.9 Å². The van der Waals surface area contributed by atoms with Gasteiger partial charge in [-0.25, -0.2) is 8.42 Å². The first-order valence-corrected chi connectivity index (χ1v) is 14.0. The van der Waals surface area contributed by atoms with Crippen LogP contribution in [-0.2, 0) is 16.6 Å². The zero-order chi connectivity index (χ0) is 27.1. The van der Waals surface area contributed by atoms with E-state index in [9.17, 15) is 13.2 Å². The number of ether oxygens (including phenoxy) is 1. The summed E-state index contributed by atoms with van der Waals surface area (Å²) in [4.78, 5) is 13.0. The van der Waals surface area contributed by atoms with Gasteiger partial charge in [-0.1, -0.05) is 60.2 Å². The summed E-state index contributed by atoms with van der Waals surface area (Å²) in [6, 6.07) is 30.4. The average molecular weight is 529 g/mol. The fourth-order valence-electron chi connectivity index (χ4n) is 4.06. The number of aryl methyl sites for hydroxylation is 1. The van der Waals surface area contributed by atoms with Gasteiger partial charge >= 0.3 is 0 Å². The van der Waals surface area contributed by atoms with Crippen molar-refractivity contribution in [3.05, 3.63) is 125 Å².